The van der Waals surface area contributed by atoms with E-state index in [0.29, 0.717) is 6.54 Å². The van der Waals surface area contributed by atoms with E-state index in [1.807, 2.05) is 24.3 Å². The van der Waals surface area contributed by atoms with Crippen LogP contribution >= 0.6 is 15.9 Å². The third-order valence-electron chi connectivity index (χ3n) is 5.40. The van der Waals surface area contributed by atoms with Gasteiger partial charge in [0.1, 0.15) is 11.9 Å². The fourth-order valence-electron chi connectivity index (χ4n) is 3.64. The van der Waals surface area contributed by atoms with Crippen molar-refractivity contribution in [3.8, 4) is 0 Å². The van der Waals surface area contributed by atoms with E-state index >= 15 is 0 Å². The van der Waals surface area contributed by atoms with Crippen molar-refractivity contribution in [2.45, 2.75) is 57.7 Å². The Morgan fingerprint density at radius 1 is 1.07 bits per heavy atom. The first-order valence-electron chi connectivity index (χ1n) is 10.0. The Morgan fingerprint density at radius 3 is 2.28 bits per heavy atom. The summed E-state index contributed by atoms with van der Waals surface area (Å²) in [5.41, 5.74) is 1.67. The molecular formula is C23H26BrFN2O2. The topological polar surface area (TPSA) is 49.4 Å². The molecule has 2 aromatic carbocycles. The van der Waals surface area contributed by atoms with Crippen LogP contribution in [0.5, 0.6) is 0 Å². The lowest BCUT2D eigenvalue weighted by Crippen LogP contribution is -2.50. The van der Waals surface area contributed by atoms with E-state index in [0.717, 1.165) is 41.3 Å². The predicted octanol–water partition coefficient (Wildman–Crippen LogP) is 4.61. The van der Waals surface area contributed by atoms with Crippen molar-refractivity contribution >= 4 is 27.7 Å². The standard InChI is InChI=1S/C23H26BrFN2O2/c1-16(23(29)26-21-4-2-3-5-21)27(15-18-6-10-19(24)11-7-18)22(28)14-17-8-12-20(25)13-9-17/h6-13,16,21H,2-5,14-15H2,1H3,(H,26,29). The van der Waals surface area contributed by atoms with Gasteiger partial charge in [0.05, 0.1) is 6.42 Å². The third-order valence-corrected chi connectivity index (χ3v) is 5.93. The maximum atomic E-state index is 13.2. The van der Waals surface area contributed by atoms with Gasteiger partial charge in [-0.3, -0.25) is 9.59 Å². The molecule has 3 rings (SSSR count). The van der Waals surface area contributed by atoms with Crippen molar-refractivity contribution in [1.82, 2.24) is 10.2 Å². The van der Waals surface area contributed by atoms with E-state index in [2.05, 4.69) is 21.2 Å². The highest BCUT2D eigenvalue weighted by Crippen LogP contribution is 2.19. The highest BCUT2D eigenvalue weighted by atomic mass is 79.9. The molecule has 6 heteroatoms. The fraction of sp³-hybridized carbons (Fsp3) is 0.391. The number of carbonyl (C=O) groups is 2. The molecule has 1 N–H and O–H groups in total. The Morgan fingerprint density at radius 2 is 1.66 bits per heavy atom. The number of hydrogen-bond donors (Lipinski definition) is 1. The molecule has 0 bridgehead atoms. The molecule has 0 aliphatic heterocycles. The number of nitrogens with zero attached hydrogens (tertiary/aromatic N) is 1. The van der Waals surface area contributed by atoms with Crippen LogP contribution in [-0.2, 0) is 22.6 Å². The Kier molecular flexibility index (Phi) is 7.42. The van der Waals surface area contributed by atoms with Crippen molar-refractivity contribution in [3.63, 3.8) is 0 Å². The third kappa shape index (κ3) is 6.13. The molecule has 1 atom stereocenters. The van der Waals surface area contributed by atoms with Crippen LogP contribution in [0.15, 0.2) is 53.0 Å². The summed E-state index contributed by atoms with van der Waals surface area (Å²) in [5, 5.41) is 3.09. The largest absolute Gasteiger partial charge is 0.352 e. The summed E-state index contributed by atoms with van der Waals surface area (Å²) >= 11 is 3.42. The van der Waals surface area contributed by atoms with Crippen molar-refractivity contribution in [3.05, 3.63) is 69.9 Å². The van der Waals surface area contributed by atoms with Gasteiger partial charge in [0, 0.05) is 17.1 Å². The minimum atomic E-state index is -0.591. The molecule has 0 aromatic heterocycles. The zero-order valence-corrected chi connectivity index (χ0v) is 18.1. The lowest BCUT2D eigenvalue weighted by Gasteiger charge is -2.30. The summed E-state index contributed by atoms with van der Waals surface area (Å²) in [4.78, 5) is 27.5. The summed E-state index contributed by atoms with van der Waals surface area (Å²) < 4.78 is 14.1. The first-order valence-corrected chi connectivity index (χ1v) is 10.8. The number of nitrogens with one attached hydrogen (secondary N) is 1. The lowest BCUT2D eigenvalue weighted by atomic mass is 10.1. The number of benzene rings is 2. The Bertz CT molecular complexity index is 833. The van der Waals surface area contributed by atoms with Crippen LogP contribution in [0.4, 0.5) is 4.39 Å². The molecule has 0 radical (unpaired) electrons. The van der Waals surface area contributed by atoms with Gasteiger partial charge >= 0.3 is 0 Å². The molecule has 2 aromatic rings. The maximum absolute atomic E-state index is 13.2. The van der Waals surface area contributed by atoms with Crippen molar-refractivity contribution in [2.24, 2.45) is 0 Å². The van der Waals surface area contributed by atoms with Crippen molar-refractivity contribution < 1.29 is 14.0 Å². The molecule has 1 unspecified atom stereocenters. The molecule has 0 spiro atoms. The second-order valence-electron chi connectivity index (χ2n) is 7.62. The molecule has 1 saturated carbocycles. The first kappa shape index (κ1) is 21.5. The fourth-order valence-corrected chi connectivity index (χ4v) is 3.90. The number of halogens is 2. The van der Waals surface area contributed by atoms with Crippen molar-refractivity contribution in [2.75, 3.05) is 0 Å². The predicted molar refractivity (Wildman–Crippen MR) is 115 cm³/mol. The molecule has 2 amide bonds. The zero-order valence-electron chi connectivity index (χ0n) is 16.5. The lowest BCUT2D eigenvalue weighted by molar-refractivity contribution is -0.140. The highest BCUT2D eigenvalue weighted by Gasteiger charge is 2.28. The number of amides is 2. The monoisotopic (exact) mass is 460 g/mol. The van der Waals surface area contributed by atoms with E-state index in [1.54, 1.807) is 24.0 Å². The Labute approximate surface area is 179 Å². The molecule has 1 fully saturated rings. The van der Waals surface area contributed by atoms with Gasteiger partial charge in [-0.1, -0.05) is 53.0 Å². The minimum Gasteiger partial charge on any atom is -0.352 e. The molecule has 154 valence electrons. The average Bonchev–Trinajstić information content (AvgIpc) is 3.21. The van der Waals surface area contributed by atoms with Gasteiger partial charge < -0.3 is 10.2 Å². The molecule has 1 aliphatic rings. The smallest absolute Gasteiger partial charge is 0.242 e. The van der Waals surface area contributed by atoms with Gasteiger partial charge in [-0.2, -0.15) is 0 Å². The van der Waals surface area contributed by atoms with Gasteiger partial charge in [-0.05, 0) is 55.2 Å². The van der Waals surface area contributed by atoms with Gasteiger partial charge in [0.25, 0.3) is 0 Å². The molecule has 0 heterocycles. The summed E-state index contributed by atoms with van der Waals surface area (Å²) in [6, 6.07) is 13.2. The SMILES string of the molecule is CC(C(=O)NC1CCCC1)N(Cc1ccc(Br)cc1)C(=O)Cc1ccc(F)cc1. The first-order chi connectivity index (χ1) is 13.9. The number of hydrogen-bond acceptors (Lipinski definition) is 2. The number of carbonyl (C=O) groups excluding carboxylic acids is 2. The quantitative estimate of drug-likeness (QED) is 0.655. The Balaban J connectivity index is 1.75. The molecule has 1 aliphatic carbocycles. The maximum Gasteiger partial charge on any atom is 0.242 e. The normalized spacial score (nSPS) is 15.1. The van der Waals surface area contributed by atoms with Crippen LogP contribution in [0.3, 0.4) is 0 Å². The van der Waals surface area contributed by atoms with Gasteiger partial charge in [-0.25, -0.2) is 4.39 Å². The summed E-state index contributed by atoms with van der Waals surface area (Å²) in [7, 11) is 0. The van der Waals surface area contributed by atoms with Crippen LogP contribution in [0.25, 0.3) is 0 Å². The summed E-state index contributed by atoms with van der Waals surface area (Å²) in [6.45, 7) is 2.11. The van der Waals surface area contributed by atoms with Crippen LogP contribution in [0, 0.1) is 5.82 Å². The summed E-state index contributed by atoms with van der Waals surface area (Å²) in [5.74, 6) is -0.618. The summed E-state index contributed by atoms with van der Waals surface area (Å²) in [6.07, 6.45) is 4.37. The second-order valence-corrected chi connectivity index (χ2v) is 8.53. The molecular weight excluding hydrogens is 435 g/mol. The molecule has 29 heavy (non-hydrogen) atoms. The van der Waals surface area contributed by atoms with Crippen LogP contribution < -0.4 is 5.32 Å². The van der Waals surface area contributed by atoms with E-state index < -0.39 is 6.04 Å². The van der Waals surface area contributed by atoms with Crippen LogP contribution in [0.1, 0.15) is 43.7 Å². The Hall–Kier alpha value is -2.21. The van der Waals surface area contributed by atoms with E-state index in [4.69, 9.17) is 0 Å². The second kappa shape index (κ2) is 10.0. The molecule has 0 saturated heterocycles. The number of rotatable bonds is 7. The van der Waals surface area contributed by atoms with E-state index in [1.165, 1.54) is 12.1 Å². The van der Waals surface area contributed by atoms with E-state index in [-0.39, 0.29) is 30.1 Å². The van der Waals surface area contributed by atoms with Crippen LogP contribution in [0.2, 0.25) is 0 Å². The van der Waals surface area contributed by atoms with Gasteiger partial charge in [0.2, 0.25) is 11.8 Å². The van der Waals surface area contributed by atoms with Crippen molar-refractivity contribution in [1.29, 1.82) is 0 Å². The van der Waals surface area contributed by atoms with E-state index in [9.17, 15) is 14.0 Å². The van der Waals surface area contributed by atoms with Gasteiger partial charge in [0.15, 0.2) is 0 Å². The molecule has 4 nitrogen and oxygen atoms in total. The zero-order chi connectivity index (χ0) is 20.8. The van der Waals surface area contributed by atoms with Gasteiger partial charge in [-0.15, -0.1) is 0 Å². The highest BCUT2D eigenvalue weighted by molar-refractivity contribution is 9.10. The minimum absolute atomic E-state index is 0.123. The van der Waals surface area contributed by atoms with Crippen LogP contribution in [-0.4, -0.2) is 28.8 Å². The average molecular weight is 461 g/mol.